The molecule has 0 aliphatic heterocycles. The van der Waals surface area contributed by atoms with E-state index in [-0.39, 0.29) is 52.3 Å². The predicted octanol–water partition coefficient (Wildman–Crippen LogP) is 1.97. The number of carbonyl (C=O) groups excluding carboxylic acids is 6. The minimum Gasteiger partial charge on any atom is -0.756 e. The third kappa shape index (κ3) is 19.4. The summed E-state index contributed by atoms with van der Waals surface area (Å²) in [5.41, 5.74) is 4.05. The van der Waals surface area contributed by atoms with E-state index >= 15 is 0 Å². The zero-order valence-electron chi connectivity index (χ0n) is 33.2. The van der Waals surface area contributed by atoms with Gasteiger partial charge < -0.3 is 53.7 Å². The van der Waals surface area contributed by atoms with E-state index in [1.54, 1.807) is 51.1 Å². The number of carbonyl (C=O) groups is 6. The Morgan fingerprint density at radius 3 is 2.09 bits per heavy atom. The van der Waals surface area contributed by atoms with Crippen LogP contribution in [-0.2, 0) is 63.1 Å². The molecule has 0 heterocycles. The van der Waals surface area contributed by atoms with Crippen LogP contribution in [0.25, 0.3) is 0 Å². The van der Waals surface area contributed by atoms with Crippen molar-refractivity contribution >= 4 is 43.6 Å². The Labute approximate surface area is 323 Å². The number of hydrogen-bond acceptors (Lipinski definition) is 14. The summed E-state index contributed by atoms with van der Waals surface area (Å²) >= 11 is 0. The maximum absolute atomic E-state index is 13.3. The summed E-state index contributed by atoms with van der Waals surface area (Å²) in [6.45, 7) is 7.15. The SMILES string of the molecule is CCC(C)(C(=O)OCCOC(=O)CNC(=O)[C@H](CCC(N)=O)NC(=O)OCc1ccccc1)C(C)(C)CC(C)C(=O)OCCOP(=O)([O-])OCC[N+](C)(C)C. The third-order valence-electron chi connectivity index (χ3n) is 8.95. The number of rotatable bonds is 26. The van der Waals surface area contributed by atoms with Gasteiger partial charge in [-0.1, -0.05) is 58.0 Å². The van der Waals surface area contributed by atoms with Crippen LogP contribution in [0.4, 0.5) is 4.79 Å². The number of primary amides is 1. The molecule has 0 radical (unpaired) electrons. The Bertz CT molecular complexity index is 1470. The molecule has 18 nitrogen and oxygen atoms in total. The van der Waals surface area contributed by atoms with Gasteiger partial charge in [-0.05, 0) is 37.2 Å². The van der Waals surface area contributed by atoms with Crippen molar-refractivity contribution < 1.29 is 70.7 Å². The van der Waals surface area contributed by atoms with E-state index < -0.39 is 79.6 Å². The molecule has 4 atom stereocenters. The second kappa shape index (κ2) is 23.1. The topological polar surface area (TPSA) is 248 Å². The van der Waals surface area contributed by atoms with Gasteiger partial charge in [0.05, 0.1) is 39.1 Å². The van der Waals surface area contributed by atoms with Crippen LogP contribution < -0.4 is 21.3 Å². The summed E-state index contributed by atoms with van der Waals surface area (Å²) < 4.78 is 42.9. The van der Waals surface area contributed by atoms with Crippen molar-refractivity contribution in [1.29, 1.82) is 0 Å². The van der Waals surface area contributed by atoms with Gasteiger partial charge >= 0.3 is 24.0 Å². The number of nitrogens with zero attached hydrogens (tertiary/aromatic N) is 1. The Morgan fingerprint density at radius 1 is 0.891 bits per heavy atom. The van der Waals surface area contributed by atoms with Crippen LogP contribution in [0.5, 0.6) is 0 Å². The molecule has 0 bridgehead atoms. The number of esters is 3. The van der Waals surface area contributed by atoms with Gasteiger partial charge in [-0.15, -0.1) is 0 Å². The van der Waals surface area contributed by atoms with Crippen LogP contribution in [-0.4, -0.2) is 114 Å². The minimum atomic E-state index is -4.56. The number of ether oxygens (including phenoxy) is 4. The fourth-order valence-electron chi connectivity index (χ4n) is 5.12. The van der Waals surface area contributed by atoms with Crippen molar-refractivity contribution in [2.24, 2.45) is 22.5 Å². The number of phosphoric ester groups is 1. The highest BCUT2D eigenvalue weighted by molar-refractivity contribution is 7.45. The van der Waals surface area contributed by atoms with Gasteiger partial charge in [-0.25, -0.2) is 4.79 Å². The van der Waals surface area contributed by atoms with Crippen molar-refractivity contribution in [2.45, 2.75) is 73.0 Å². The van der Waals surface area contributed by atoms with Gasteiger partial charge in [0, 0.05) is 6.42 Å². The normalized spacial score (nSPS) is 14.9. The molecule has 4 N–H and O–H groups in total. The number of nitrogens with one attached hydrogen (secondary N) is 2. The van der Waals surface area contributed by atoms with Gasteiger partial charge in [-0.3, -0.25) is 28.5 Å². The quantitative estimate of drug-likeness (QED) is 0.0399. The number of nitrogens with two attached hydrogens (primary N) is 1. The minimum absolute atomic E-state index is 0.0565. The average Bonchev–Trinajstić information content (AvgIpc) is 3.10. The summed E-state index contributed by atoms with van der Waals surface area (Å²) in [5, 5.41) is 4.69. The van der Waals surface area contributed by atoms with Crippen LogP contribution in [0.15, 0.2) is 30.3 Å². The molecule has 19 heteroatoms. The maximum Gasteiger partial charge on any atom is 0.408 e. The molecule has 1 aromatic rings. The van der Waals surface area contributed by atoms with Gasteiger partial charge in [0.1, 0.15) is 52.2 Å². The van der Waals surface area contributed by atoms with Gasteiger partial charge in [-0.2, -0.15) is 0 Å². The molecule has 55 heavy (non-hydrogen) atoms. The Kier molecular flexibility index (Phi) is 20.5. The largest absolute Gasteiger partial charge is 0.756 e. The molecule has 0 aliphatic rings. The Balaban J connectivity index is 2.55. The van der Waals surface area contributed by atoms with Crippen LogP contribution in [0.2, 0.25) is 0 Å². The molecule has 0 fully saturated rings. The fraction of sp³-hybridized carbons (Fsp3) is 0.667. The molecular formula is C36H59N4O14P. The molecule has 312 valence electrons. The lowest BCUT2D eigenvalue weighted by atomic mass is 9.61. The number of likely N-dealkylation sites (N-methyl/N-ethyl adjacent to an activating group) is 1. The predicted molar refractivity (Wildman–Crippen MR) is 196 cm³/mol. The molecule has 3 unspecified atom stereocenters. The van der Waals surface area contributed by atoms with E-state index in [4.69, 9.17) is 33.7 Å². The number of hydrogen-bond donors (Lipinski definition) is 3. The lowest BCUT2D eigenvalue weighted by molar-refractivity contribution is -0.870. The summed E-state index contributed by atoms with van der Waals surface area (Å²) in [7, 11) is 1.09. The molecule has 1 aromatic carbocycles. The van der Waals surface area contributed by atoms with Gasteiger partial charge in [0.25, 0.3) is 7.82 Å². The van der Waals surface area contributed by atoms with Crippen LogP contribution in [0, 0.1) is 16.7 Å². The highest BCUT2D eigenvalue weighted by Crippen LogP contribution is 2.47. The van der Waals surface area contributed by atoms with E-state index in [0.717, 1.165) is 5.56 Å². The first kappa shape index (κ1) is 48.9. The van der Waals surface area contributed by atoms with Crippen molar-refractivity contribution in [3.63, 3.8) is 0 Å². The highest BCUT2D eigenvalue weighted by Gasteiger charge is 2.48. The van der Waals surface area contributed by atoms with E-state index in [0.29, 0.717) is 17.4 Å². The van der Waals surface area contributed by atoms with Gasteiger partial charge in [0.2, 0.25) is 11.8 Å². The van der Waals surface area contributed by atoms with E-state index in [1.165, 1.54) is 0 Å². The molecule has 1 rings (SSSR count). The van der Waals surface area contributed by atoms with Crippen molar-refractivity contribution in [2.75, 3.05) is 67.3 Å². The number of benzene rings is 1. The van der Waals surface area contributed by atoms with Crippen molar-refractivity contribution in [3.05, 3.63) is 35.9 Å². The standard InChI is InChI=1S/C36H59N4O14P/c1-9-36(5,35(3,4)23-26(2)32(44)50-21-22-54-55(47,48)53-18-17-40(6,7)8)33(45)51-20-19-49-30(42)24-38-31(43)28(15-16-29(37)41)39-34(46)52-25-27-13-11-10-12-14-27/h10-14,26,28H,9,15-25H2,1-8H3,(H4-,37,38,39,41,43,46,47,48)/t26?,28-,36?/m0/s1. The maximum atomic E-state index is 13.3. The number of amides is 3. The van der Waals surface area contributed by atoms with E-state index in [2.05, 4.69) is 10.6 Å². The molecule has 0 aromatic heterocycles. The average molecular weight is 803 g/mol. The lowest BCUT2D eigenvalue weighted by Crippen LogP contribution is -2.48. The third-order valence-corrected chi connectivity index (χ3v) is 9.94. The molecule has 0 spiro atoms. The summed E-state index contributed by atoms with van der Waals surface area (Å²) in [4.78, 5) is 86.6. The summed E-state index contributed by atoms with van der Waals surface area (Å²) in [6.07, 6.45) is -0.717. The van der Waals surface area contributed by atoms with Crippen LogP contribution >= 0.6 is 7.82 Å². The van der Waals surface area contributed by atoms with Gasteiger partial charge in [0.15, 0.2) is 0 Å². The van der Waals surface area contributed by atoms with Crippen molar-refractivity contribution in [3.8, 4) is 0 Å². The Hall–Kier alpha value is -4.09. The zero-order chi connectivity index (χ0) is 41.9. The highest BCUT2D eigenvalue weighted by atomic mass is 31.2. The van der Waals surface area contributed by atoms with E-state index in [1.807, 2.05) is 35.0 Å². The first-order chi connectivity index (χ1) is 25.5. The van der Waals surface area contributed by atoms with Crippen LogP contribution in [0.1, 0.15) is 65.9 Å². The molecule has 0 aliphatic carbocycles. The summed E-state index contributed by atoms with van der Waals surface area (Å²) in [6, 6.07) is 7.60. The molecule has 3 amide bonds. The first-order valence-electron chi connectivity index (χ1n) is 17.9. The zero-order valence-corrected chi connectivity index (χ0v) is 34.1. The second-order valence-electron chi connectivity index (χ2n) is 14.8. The van der Waals surface area contributed by atoms with Crippen LogP contribution in [0.3, 0.4) is 0 Å². The second-order valence-corrected chi connectivity index (χ2v) is 16.2. The number of alkyl carbamates (subject to hydrolysis) is 1. The molecule has 0 saturated heterocycles. The number of phosphoric acid groups is 1. The Morgan fingerprint density at radius 2 is 1.49 bits per heavy atom. The smallest absolute Gasteiger partial charge is 0.408 e. The summed E-state index contributed by atoms with van der Waals surface area (Å²) in [5.74, 6) is -4.19. The van der Waals surface area contributed by atoms with Crippen molar-refractivity contribution in [1.82, 2.24) is 10.6 Å². The fourth-order valence-corrected chi connectivity index (χ4v) is 5.79. The number of quaternary nitrogens is 1. The van der Waals surface area contributed by atoms with E-state index in [9.17, 15) is 38.2 Å². The lowest BCUT2D eigenvalue weighted by Gasteiger charge is -2.42. The first-order valence-corrected chi connectivity index (χ1v) is 19.4. The molecule has 0 saturated carbocycles. The molecular weight excluding hydrogens is 743 g/mol. The monoisotopic (exact) mass is 802 g/mol.